The molecule has 15 nitrogen and oxygen atoms in total. The zero-order valence-electron chi connectivity index (χ0n) is 33.2. The summed E-state index contributed by atoms with van der Waals surface area (Å²) >= 11 is 0. The molecule has 0 aliphatic heterocycles. The van der Waals surface area contributed by atoms with Gasteiger partial charge in [-0.15, -0.1) is 0 Å². The Labute approximate surface area is 334 Å². The number of aromatic hydroxyl groups is 1. The molecule has 1 aromatic rings. The van der Waals surface area contributed by atoms with Gasteiger partial charge in [-0.2, -0.15) is 0 Å². The van der Waals surface area contributed by atoms with Crippen LogP contribution in [0.1, 0.15) is 83.3 Å². The van der Waals surface area contributed by atoms with Crippen molar-refractivity contribution < 1.29 is 64.5 Å². The van der Waals surface area contributed by atoms with Gasteiger partial charge in [-0.05, 0) is 94.5 Å². The van der Waals surface area contributed by atoms with Crippen molar-refractivity contribution in [3.63, 3.8) is 0 Å². The third kappa shape index (κ3) is 5.35. The van der Waals surface area contributed by atoms with E-state index in [0.29, 0.717) is 25.7 Å². The minimum Gasteiger partial charge on any atom is -0.508 e. The predicted octanol–water partition coefficient (Wildman–Crippen LogP) is 1.62. The Bertz CT molecular complexity index is 2170. The SMILES string of the molecule is CN(C)[C@@H]1C(=O)C(C(N)=O)=C(O)[C@@]2(O)C(=O)C3=C(O)c4c(O)cccc4[C@@](C)(O)[C@H]3C[C@@H]12.C[C@]12CCC(=O)C=C1CC[C@@H]1[C@@H]2C(=O)C[C@@]2(C)[C@H]1CC[C@]2(O)C(=O)CO. The van der Waals surface area contributed by atoms with E-state index in [1.54, 1.807) is 6.08 Å². The molecule has 4 fully saturated rings. The minimum absolute atomic E-state index is 0.0988. The number of amides is 1. The maximum Gasteiger partial charge on any atom is 0.255 e. The van der Waals surface area contributed by atoms with Gasteiger partial charge in [0.1, 0.15) is 40.8 Å². The number of nitrogens with two attached hydrogens (primary N) is 1. The number of fused-ring (bicyclic) bond motifs is 8. The van der Waals surface area contributed by atoms with E-state index in [1.165, 1.54) is 44.1 Å². The molecule has 8 rings (SSSR count). The number of Topliss-reactive ketones (excluding diaryl/α,β-unsaturated/α-hetero) is 4. The number of hydrogen-bond acceptors (Lipinski definition) is 14. The van der Waals surface area contributed by atoms with Crippen molar-refractivity contribution in [1.82, 2.24) is 4.90 Å². The maximum atomic E-state index is 13.7. The number of ketones is 5. The van der Waals surface area contributed by atoms with Crippen LogP contribution in [0.4, 0.5) is 0 Å². The first kappa shape index (κ1) is 41.6. The van der Waals surface area contributed by atoms with Crippen LogP contribution in [0.5, 0.6) is 5.75 Å². The number of phenols is 1. The Morgan fingerprint density at radius 1 is 0.931 bits per heavy atom. The zero-order chi connectivity index (χ0) is 42.8. The predicted molar refractivity (Wildman–Crippen MR) is 204 cm³/mol. The normalized spacial score (nSPS) is 40.3. The first-order valence-corrected chi connectivity index (χ1v) is 19.8. The number of nitrogens with zero attached hydrogens (tertiary/aromatic N) is 1. The molecule has 1 aromatic carbocycles. The number of hydrogen-bond donors (Lipinski definition) is 8. The summed E-state index contributed by atoms with van der Waals surface area (Å²) < 4.78 is 0. The molecule has 0 spiro atoms. The molecule has 0 unspecified atom stereocenters. The summed E-state index contributed by atoms with van der Waals surface area (Å²) in [4.78, 5) is 77.5. The fourth-order valence-electron chi connectivity index (χ4n) is 12.5. The van der Waals surface area contributed by atoms with Crippen LogP contribution in [0.3, 0.4) is 0 Å². The van der Waals surface area contributed by atoms with Gasteiger partial charge in [-0.3, -0.25) is 33.7 Å². The second kappa shape index (κ2) is 13.5. The van der Waals surface area contributed by atoms with E-state index in [9.17, 15) is 64.5 Å². The van der Waals surface area contributed by atoms with Crippen LogP contribution in [-0.2, 0) is 34.4 Å². The summed E-state index contributed by atoms with van der Waals surface area (Å²) in [7, 11) is 3.01. The fraction of sp³-hybridized carbons (Fsp3) is 0.581. The van der Waals surface area contributed by atoms with Crippen LogP contribution in [0.2, 0.25) is 0 Å². The zero-order valence-corrected chi connectivity index (χ0v) is 33.2. The molecule has 7 aliphatic rings. The van der Waals surface area contributed by atoms with Crippen molar-refractivity contribution in [3.8, 4) is 5.75 Å². The number of carbonyl (C=O) groups is 6. The number of likely N-dealkylation sites (N-methyl/N-ethyl adjacent to an activating group) is 1. The average molecular weight is 805 g/mol. The van der Waals surface area contributed by atoms with Gasteiger partial charge in [0, 0.05) is 41.6 Å². The number of allylic oxidation sites excluding steroid dienone is 1. The van der Waals surface area contributed by atoms with Crippen LogP contribution in [0, 0.1) is 40.4 Å². The summed E-state index contributed by atoms with van der Waals surface area (Å²) in [5.41, 5.74) is -2.10. The lowest BCUT2D eigenvalue weighted by molar-refractivity contribution is -0.170. The molecule has 0 radical (unpaired) electrons. The van der Waals surface area contributed by atoms with E-state index >= 15 is 0 Å². The standard InChI is InChI=1S/C22H24N2O8.C21H28O5/c1-21(31)8-5-4-6-11(25)12(8)16(26)13-9(21)7-10-15(24(2)3)17(27)14(20(23)30)19(29)22(10,32)18(13)28;1-19-7-5-13(23)9-12(19)3-4-14-15-6-8-21(26,17(25)11-22)20(15,2)10-16(24)18(14)19/h4-6,9-10,15,25-26,29,31-32H,7H2,1-3H3,(H2,23,30);9,14-15,18,22,26H,3-8,10-11H2,1-2H3/t9-,10-,15-,21+,22-;14-,15-,18+,19-,20-,21-/m00/s1. The van der Waals surface area contributed by atoms with Crippen LogP contribution < -0.4 is 5.73 Å². The highest BCUT2D eigenvalue weighted by Gasteiger charge is 2.69. The number of benzene rings is 1. The second-order valence-electron chi connectivity index (χ2n) is 18.3. The molecule has 4 saturated carbocycles. The van der Waals surface area contributed by atoms with Gasteiger partial charge in [0.15, 0.2) is 23.0 Å². The lowest BCUT2D eigenvalue weighted by atomic mass is 9.46. The van der Waals surface area contributed by atoms with Crippen molar-refractivity contribution in [1.29, 1.82) is 0 Å². The van der Waals surface area contributed by atoms with Gasteiger partial charge in [-0.1, -0.05) is 31.6 Å². The van der Waals surface area contributed by atoms with Gasteiger partial charge in [0.2, 0.25) is 5.78 Å². The van der Waals surface area contributed by atoms with Crippen molar-refractivity contribution in [2.24, 2.45) is 46.2 Å². The summed E-state index contributed by atoms with van der Waals surface area (Å²) in [6.07, 6.45) is 5.63. The third-order valence-electron chi connectivity index (χ3n) is 15.4. The first-order valence-electron chi connectivity index (χ1n) is 19.8. The minimum atomic E-state index is -2.75. The number of phenolic OH excluding ortho intramolecular Hbond substituents is 1. The van der Waals surface area contributed by atoms with E-state index in [4.69, 9.17) is 5.73 Å². The Morgan fingerprint density at radius 3 is 2.22 bits per heavy atom. The third-order valence-corrected chi connectivity index (χ3v) is 15.4. The number of rotatable bonds is 4. The molecule has 0 bridgehead atoms. The topological polar surface area (TPSA) is 273 Å². The van der Waals surface area contributed by atoms with Crippen LogP contribution in [0.25, 0.3) is 5.76 Å². The molecule has 1 amide bonds. The summed E-state index contributed by atoms with van der Waals surface area (Å²) in [6.45, 7) is 4.71. The molecule has 0 heterocycles. The smallest absolute Gasteiger partial charge is 0.255 e. The van der Waals surface area contributed by atoms with Crippen molar-refractivity contribution in [3.05, 3.63) is 57.9 Å². The molecule has 7 aliphatic carbocycles. The van der Waals surface area contributed by atoms with Gasteiger partial charge < -0.3 is 41.5 Å². The maximum absolute atomic E-state index is 13.7. The van der Waals surface area contributed by atoms with E-state index < -0.39 is 98.4 Å². The van der Waals surface area contributed by atoms with Crippen molar-refractivity contribution >= 4 is 40.6 Å². The van der Waals surface area contributed by atoms with Crippen molar-refractivity contribution in [2.75, 3.05) is 20.7 Å². The van der Waals surface area contributed by atoms with Crippen LogP contribution in [-0.4, -0.2) is 113 Å². The number of carbonyl (C=O) groups excluding carboxylic acids is 6. The molecule has 15 heteroatoms. The highest BCUT2D eigenvalue weighted by molar-refractivity contribution is 6.24. The summed E-state index contributed by atoms with van der Waals surface area (Å²) in [5, 5.41) is 75.4. The van der Waals surface area contributed by atoms with E-state index in [0.717, 1.165) is 18.4 Å². The average Bonchev–Trinajstić information content (AvgIpc) is 3.41. The van der Waals surface area contributed by atoms with E-state index in [-0.39, 0.29) is 58.7 Å². The first-order chi connectivity index (χ1) is 26.9. The van der Waals surface area contributed by atoms with E-state index in [2.05, 4.69) is 6.92 Å². The molecular weight excluding hydrogens is 752 g/mol. The molecular formula is C43H52N2O13. The van der Waals surface area contributed by atoms with Gasteiger partial charge in [0.25, 0.3) is 5.91 Å². The Balaban J connectivity index is 0.000000180. The van der Waals surface area contributed by atoms with Gasteiger partial charge >= 0.3 is 0 Å². The van der Waals surface area contributed by atoms with E-state index in [1.807, 2.05) is 6.92 Å². The highest BCUT2D eigenvalue weighted by atomic mass is 16.4. The quantitative estimate of drug-likeness (QED) is 0.201. The molecule has 58 heavy (non-hydrogen) atoms. The van der Waals surface area contributed by atoms with Gasteiger partial charge in [0.05, 0.1) is 17.2 Å². The Kier molecular flexibility index (Phi) is 9.68. The highest BCUT2D eigenvalue weighted by Crippen LogP contribution is 2.67. The second-order valence-corrected chi connectivity index (χ2v) is 18.3. The fourth-order valence-corrected chi connectivity index (χ4v) is 12.5. The monoisotopic (exact) mass is 804 g/mol. The summed E-state index contributed by atoms with van der Waals surface area (Å²) in [5.74, 6) is -8.07. The lowest BCUT2D eigenvalue weighted by Gasteiger charge is -2.57. The Hall–Kier alpha value is -4.54. The lowest BCUT2D eigenvalue weighted by Crippen LogP contribution is -2.67. The number of primary amides is 1. The van der Waals surface area contributed by atoms with Crippen LogP contribution >= 0.6 is 0 Å². The van der Waals surface area contributed by atoms with Crippen LogP contribution in [0.15, 0.2) is 46.8 Å². The van der Waals surface area contributed by atoms with Crippen molar-refractivity contribution in [2.45, 2.75) is 95.0 Å². The molecule has 11 atom stereocenters. The molecule has 312 valence electrons. The molecule has 0 saturated heterocycles. The molecule has 9 N–H and O–H groups in total. The number of aliphatic hydroxyl groups is 6. The van der Waals surface area contributed by atoms with Gasteiger partial charge in [-0.25, -0.2) is 0 Å². The number of aliphatic hydroxyl groups excluding tert-OH is 3. The largest absolute Gasteiger partial charge is 0.508 e. The summed E-state index contributed by atoms with van der Waals surface area (Å²) in [6, 6.07) is 3.02. The Morgan fingerprint density at radius 2 is 1.60 bits per heavy atom. The molecule has 0 aromatic heterocycles.